The van der Waals surface area contributed by atoms with Crippen molar-refractivity contribution >= 4 is 50.7 Å². The van der Waals surface area contributed by atoms with Crippen LogP contribution >= 0.6 is 27.7 Å². The quantitative estimate of drug-likeness (QED) is 0.306. The Hall–Kier alpha value is -3.69. The molecule has 0 bridgehead atoms. The number of ether oxygens (including phenoxy) is 2. The molecule has 0 spiro atoms. The van der Waals surface area contributed by atoms with Crippen LogP contribution in [0.3, 0.4) is 0 Å². The highest BCUT2D eigenvalue weighted by Crippen LogP contribution is 2.40. The third-order valence-corrected chi connectivity index (χ3v) is 6.79. The molecule has 0 atom stereocenters. The molecule has 3 aromatic carbocycles. The summed E-state index contributed by atoms with van der Waals surface area (Å²) < 4.78 is 24.7. The molecule has 0 aliphatic carbocycles. The lowest BCUT2D eigenvalue weighted by Crippen LogP contribution is -2.14. The highest BCUT2D eigenvalue weighted by Gasteiger charge is 2.34. The zero-order valence-electron chi connectivity index (χ0n) is 19.6. The zero-order chi connectivity index (χ0) is 26.4. The number of carbonyl (C=O) groups is 2. The minimum absolute atomic E-state index is 0.0642. The first-order valence-corrected chi connectivity index (χ1v) is 12.8. The number of aliphatic hydroxyl groups excluding tert-OH is 1. The summed E-state index contributed by atoms with van der Waals surface area (Å²) in [7, 11) is 0. The molecule has 188 valence electrons. The van der Waals surface area contributed by atoms with Crippen LogP contribution in [0.15, 0.2) is 98.5 Å². The Morgan fingerprint density at radius 3 is 2.49 bits per heavy atom. The average molecular weight is 582 g/mol. The van der Waals surface area contributed by atoms with Gasteiger partial charge in [-0.3, -0.25) is 4.79 Å². The van der Waals surface area contributed by atoms with Crippen LogP contribution in [0.5, 0.6) is 5.75 Å². The molecule has 37 heavy (non-hydrogen) atoms. The minimum atomic E-state index is -0.763. The van der Waals surface area contributed by atoms with E-state index in [1.807, 2.05) is 0 Å². The fourth-order valence-electron chi connectivity index (χ4n) is 3.35. The number of halogens is 2. The van der Waals surface area contributed by atoms with Crippen molar-refractivity contribution in [2.24, 2.45) is 4.99 Å². The van der Waals surface area contributed by atoms with Gasteiger partial charge in [0.15, 0.2) is 0 Å². The lowest BCUT2D eigenvalue weighted by molar-refractivity contribution is -0.138. The average Bonchev–Trinajstić information content (AvgIpc) is 3.19. The van der Waals surface area contributed by atoms with Gasteiger partial charge in [-0.05, 0) is 76.5 Å². The van der Waals surface area contributed by atoms with E-state index in [1.165, 1.54) is 12.1 Å². The van der Waals surface area contributed by atoms with Crippen molar-refractivity contribution in [3.8, 4) is 5.75 Å². The molecule has 0 fully saturated rings. The number of thioether (sulfide) groups is 1. The van der Waals surface area contributed by atoms with Gasteiger partial charge in [-0.15, -0.1) is 0 Å². The largest absolute Gasteiger partial charge is 0.506 e. The molecule has 1 aliphatic rings. The highest BCUT2D eigenvalue weighted by atomic mass is 79.9. The Bertz CT molecular complexity index is 1420. The number of aliphatic hydroxyl groups is 1. The first-order chi connectivity index (χ1) is 17.9. The smallest absolute Gasteiger partial charge is 0.344 e. The molecule has 4 rings (SSSR count). The third-order valence-electron chi connectivity index (χ3n) is 5.16. The Morgan fingerprint density at radius 2 is 1.81 bits per heavy atom. The van der Waals surface area contributed by atoms with Crippen LogP contribution in [0.2, 0.25) is 0 Å². The molecule has 0 radical (unpaired) electrons. The van der Waals surface area contributed by atoms with Gasteiger partial charge in [-0.25, -0.2) is 14.2 Å². The maximum Gasteiger partial charge on any atom is 0.344 e. The number of nitrogens with zero attached hydrogens (tertiary/aromatic N) is 1. The number of esters is 1. The van der Waals surface area contributed by atoms with E-state index in [4.69, 9.17) is 9.47 Å². The summed E-state index contributed by atoms with van der Waals surface area (Å²) in [6.07, 6.45) is 1.67. The van der Waals surface area contributed by atoms with Gasteiger partial charge in [0.05, 0.1) is 16.0 Å². The van der Waals surface area contributed by atoms with E-state index >= 15 is 0 Å². The second-order valence-electron chi connectivity index (χ2n) is 7.75. The molecule has 0 saturated carbocycles. The van der Waals surface area contributed by atoms with Crippen LogP contribution in [-0.4, -0.2) is 28.6 Å². The summed E-state index contributed by atoms with van der Waals surface area (Å²) >= 11 is 4.49. The SMILES string of the molecule is CCOC(=O)C1=C(O)/C(=C/c2ccc(OCc3ccc(F)cc3)c(Br)c2)SC1=NC(=O)c1ccccc1. The Kier molecular flexibility index (Phi) is 8.58. The van der Waals surface area contributed by atoms with E-state index in [0.29, 0.717) is 26.3 Å². The van der Waals surface area contributed by atoms with E-state index in [0.717, 1.165) is 17.3 Å². The highest BCUT2D eigenvalue weighted by molar-refractivity contribution is 9.10. The molecule has 0 aromatic heterocycles. The summed E-state index contributed by atoms with van der Waals surface area (Å²) in [4.78, 5) is 29.7. The predicted molar refractivity (Wildman–Crippen MR) is 145 cm³/mol. The number of aliphatic imine (C=N–C) groups is 1. The Balaban J connectivity index is 1.58. The molecular formula is C28H21BrFNO5S. The number of rotatable bonds is 7. The molecule has 1 heterocycles. The van der Waals surface area contributed by atoms with Gasteiger partial charge < -0.3 is 14.6 Å². The standard InChI is InChI=1S/C28H21BrFNO5S/c1-2-35-28(34)24-25(32)23(37-27(24)31-26(33)19-6-4-3-5-7-19)15-18-10-13-22(21(29)14-18)36-16-17-8-11-20(30)12-9-17/h3-15,32H,2,16H2,1H3/b23-15-,31-27?. The molecule has 3 aromatic rings. The lowest BCUT2D eigenvalue weighted by atomic mass is 10.1. The van der Waals surface area contributed by atoms with Crippen molar-refractivity contribution in [3.63, 3.8) is 0 Å². The van der Waals surface area contributed by atoms with Crippen molar-refractivity contribution in [3.05, 3.63) is 116 Å². The first kappa shape index (κ1) is 26.4. The van der Waals surface area contributed by atoms with Gasteiger partial charge >= 0.3 is 5.97 Å². The lowest BCUT2D eigenvalue weighted by Gasteiger charge is -2.09. The van der Waals surface area contributed by atoms with Crippen molar-refractivity contribution in [1.82, 2.24) is 0 Å². The summed E-state index contributed by atoms with van der Waals surface area (Å²) in [5.41, 5.74) is 1.73. The van der Waals surface area contributed by atoms with E-state index in [-0.39, 0.29) is 35.4 Å². The normalized spacial score (nSPS) is 15.3. The number of carbonyl (C=O) groups excluding carboxylic acids is 2. The fraction of sp³-hybridized carbons (Fsp3) is 0.107. The van der Waals surface area contributed by atoms with Crippen molar-refractivity contribution < 1.29 is 28.6 Å². The van der Waals surface area contributed by atoms with Gasteiger partial charge in [-0.2, -0.15) is 0 Å². The molecule has 1 amide bonds. The van der Waals surface area contributed by atoms with Crippen molar-refractivity contribution in [1.29, 1.82) is 0 Å². The van der Waals surface area contributed by atoms with E-state index in [9.17, 15) is 19.1 Å². The minimum Gasteiger partial charge on any atom is -0.506 e. The summed E-state index contributed by atoms with van der Waals surface area (Å²) in [5.74, 6) is -1.34. The van der Waals surface area contributed by atoms with Gasteiger partial charge in [-0.1, -0.05) is 48.2 Å². The number of amides is 1. The summed E-state index contributed by atoms with van der Waals surface area (Å²) in [6.45, 7) is 2.01. The van der Waals surface area contributed by atoms with Crippen LogP contribution < -0.4 is 4.74 Å². The maximum absolute atomic E-state index is 13.1. The first-order valence-electron chi connectivity index (χ1n) is 11.2. The summed E-state index contributed by atoms with van der Waals surface area (Å²) in [6, 6.07) is 19.8. The van der Waals surface area contributed by atoms with Gasteiger partial charge in [0, 0.05) is 5.56 Å². The van der Waals surface area contributed by atoms with Gasteiger partial charge in [0.1, 0.15) is 34.5 Å². The van der Waals surface area contributed by atoms with Crippen molar-refractivity contribution in [2.45, 2.75) is 13.5 Å². The molecule has 6 nitrogen and oxygen atoms in total. The van der Waals surface area contributed by atoms with E-state index in [1.54, 1.807) is 73.7 Å². The number of hydrogen-bond acceptors (Lipinski definition) is 6. The van der Waals surface area contributed by atoms with E-state index < -0.39 is 11.9 Å². The molecular weight excluding hydrogens is 561 g/mol. The second kappa shape index (κ2) is 12.0. The summed E-state index contributed by atoms with van der Waals surface area (Å²) in [5, 5.41) is 10.9. The van der Waals surface area contributed by atoms with Crippen LogP contribution in [0.25, 0.3) is 6.08 Å². The topological polar surface area (TPSA) is 85.2 Å². The zero-order valence-corrected chi connectivity index (χ0v) is 22.0. The van der Waals surface area contributed by atoms with Gasteiger partial charge in [0.25, 0.3) is 5.91 Å². The van der Waals surface area contributed by atoms with Gasteiger partial charge in [0.2, 0.25) is 0 Å². The molecule has 1 aliphatic heterocycles. The monoisotopic (exact) mass is 581 g/mol. The molecule has 0 unspecified atom stereocenters. The molecule has 1 N–H and O–H groups in total. The fourth-order valence-corrected chi connectivity index (χ4v) is 4.87. The predicted octanol–water partition coefficient (Wildman–Crippen LogP) is 6.87. The molecule has 0 saturated heterocycles. The van der Waals surface area contributed by atoms with Crippen LogP contribution in [0.4, 0.5) is 4.39 Å². The molecule has 9 heteroatoms. The third kappa shape index (κ3) is 6.55. The maximum atomic E-state index is 13.1. The van der Waals surface area contributed by atoms with Crippen LogP contribution in [0.1, 0.15) is 28.4 Å². The van der Waals surface area contributed by atoms with Crippen LogP contribution in [0, 0.1) is 5.82 Å². The number of hydrogen-bond donors (Lipinski definition) is 1. The van der Waals surface area contributed by atoms with Crippen LogP contribution in [-0.2, 0) is 16.1 Å². The second-order valence-corrected chi connectivity index (χ2v) is 9.63. The van der Waals surface area contributed by atoms with E-state index in [2.05, 4.69) is 20.9 Å². The number of benzene rings is 3. The Labute approximate surface area is 225 Å². The Morgan fingerprint density at radius 1 is 1.08 bits per heavy atom. The van der Waals surface area contributed by atoms with Crippen molar-refractivity contribution in [2.75, 3.05) is 6.61 Å².